The summed E-state index contributed by atoms with van der Waals surface area (Å²) in [5.41, 5.74) is -0.0534. The Labute approximate surface area is 216 Å². The zero-order valence-electron chi connectivity index (χ0n) is 21.4. The van der Waals surface area contributed by atoms with E-state index in [1.807, 2.05) is 25.7 Å². The van der Waals surface area contributed by atoms with Crippen molar-refractivity contribution in [1.82, 2.24) is 14.9 Å². The molecule has 3 atom stereocenters. The molecule has 3 aliphatic rings. The van der Waals surface area contributed by atoms with Crippen LogP contribution in [0.5, 0.6) is 17.5 Å². The molecule has 3 heterocycles. The molecule has 1 aliphatic carbocycles. The number of aromatic nitrogens is 2. The standard InChI is InChI=1S/C26H32FN3O6S/c1-15-23(34-18-11-16-5-6-17(12-18)30(16)25(31)36-26(2,3)4)28-14-29-24(15)35-22-10-9-20(13-21(22)27)37(32,33)19-7-8-19/h9-10,13-14,16-19H,5-8,11-12H2,1-4H3/t16-,17?,18+/m0/s1. The highest BCUT2D eigenvalue weighted by Gasteiger charge is 2.46. The van der Waals surface area contributed by atoms with Gasteiger partial charge in [0, 0.05) is 24.9 Å². The average Bonchev–Trinajstić information content (AvgIpc) is 3.62. The van der Waals surface area contributed by atoms with Gasteiger partial charge in [-0.3, -0.25) is 0 Å². The van der Waals surface area contributed by atoms with Crippen molar-refractivity contribution in [2.24, 2.45) is 0 Å². The van der Waals surface area contributed by atoms with Crippen molar-refractivity contribution < 1.29 is 31.8 Å². The van der Waals surface area contributed by atoms with E-state index < -0.39 is 26.5 Å². The summed E-state index contributed by atoms with van der Waals surface area (Å²) in [5.74, 6) is -0.469. The van der Waals surface area contributed by atoms with Crippen molar-refractivity contribution in [2.45, 2.75) is 100 Å². The lowest BCUT2D eigenvalue weighted by molar-refractivity contribution is -0.00773. The van der Waals surface area contributed by atoms with Crippen LogP contribution >= 0.6 is 0 Å². The van der Waals surface area contributed by atoms with Gasteiger partial charge in [-0.05, 0) is 71.6 Å². The number of carbonyl (C=O) groups excluding carboxylic acids is 1. The quantitative estimate of drug-likeness (QED) is 0.513. The summed E-state index contributed by atoms with van der Waals surface area (Å²) in [6, 6.07) is 3.72. The Morgan fingerprint density at radius 2 is 1.70 bits per heavy atom. The summed E-state index contributed by atoms with van der Waals surface area (Å²) >= 11 is 0. The molecule has 2 aromatic rings. The second-order valence-electron chi connectivity index (χ2n) is 11.0. The van der Waals surface area contributed by atoms with E-state index in [-0.39, 0.29) is 40.8 Å². The van der Waals surface area contributed by atoms with Crippen LogP contribution in [0.15, 0.2) is 29.4 Å². The molecular weight excluding hydrogens is 501 g/mol. The van der Waals surface area contributed by atoms with E-state index in [9.17, 15) is 17.6 Å². The van der Waals surface area contributed by atoms with Gasteiger partial charge < -0.3 is 19.1 Å². The molecular formula is C26H32FN3O6S. The Bertz CT molecular complexity index is 1290. The van der Waals surface area contributed by atoms with Crippen molar-refractivity contribution >= 4 is 15.9 Å². The monoisotopic (exact) mass is 533 g/mol. The number of piperidine rings is 1. The molecule has 1 amide bonds. The number of rotatable bonds is 6. The van der Waals surface area contributed by atoms with Crippen LogP contribution in [0.2, 0.25) is 0 Å². The summed E-state index contributed by atoms with van der Waals surface area (Å²) in [7, 11) is -3.51. The van der Waals surface area contributed by atoms with Crippen molar-refractivity contribution in [2.75, 3.05) is 0 Å². The fourth-order valence-corrected chi connectivity index (χ4v) is 6.72. The third-order valence-corrected chi connectivity index (χ3v) is 9.23. The Morgan fingerprint density at radius 1 is 1.05 bits per heavy atom. The normalized spacial score (nSPS) is 23.6. The van der Waals surface area contributed by atoms with Gasteiger partial charge in [0.05, 0.1) is 15.7 Å². The molecule has 0 N–H and O–H groups in total. The van der Waals surface area contributed by atoms with Gasteiger partial charge in [0.1, 0.15) is 18.0 Å². The average molecular weight is 534 g/mol. The fraction of sp³-hybridized carbons (Fsp3) is 0.577. The minimum absolute atomic E-state index is 0.0380. The molecule has 0 radical (unpaired) electrons. The van der Waals surface area contributed by atoms with Crippen LogP contribution in [0.3, 0.4) is 0 Å². The third-order valence-electron chi connectivity index (χ3n) is 6.97. The van der Waals surface area contributed by atoms with Gasteiger partial charge in [0.15, 0.2) is 21.4 Å². The molecule has 0 spiro atoms. The molecule has 1 aromatic heterocycles. The number of ether oxygens (including phenoxy) is 3. The van der Waals surface area contributed by atoms with E-state index in [1.165, 1.54) is 18.5 Å². The van der Waals surface area contributed by atoms with E-state index in [1.54, 1.807) is 6.92 Å². The van der Waals surface area contributed by atoms with E-state index in [4.69, 9.17) is 14.2 Å². The van der Waals surface area contributed by atoms with Crippen LogP contribution in [0, 0.1) is 12.7 Å². The largest absolute Gasteiger partial charge is 0.474 e. The zero-order chi connectivity index (χ0) is 26.5. The smallest absolute Gasteiger partial charge is 0.410 e. The minimum atomic E-state index is -3.51. The number of nitrogens with zero attached hydrogens (tertiary/aromatic N) is 3. The lowest BCUT2D eigenvalue weighted by atomic mass is 10.00. The van der Waals surface area contributed by atoms with Crippen LogP contribution < -0.4 is 9.47 Å². The number of carbonyl (C=O) groups is 1. The van der Waals surface area contributed by atoms with Crippen molar-refractivity contribution in [3.8, 4) is 17.5 Å². The predicted molar refractivity (Wildman–Crippen MR) is 132 cm³/mol. The molecule has 37 heavy (non-hydrogen) atoms. The third kappa shape index (κ3) is 5.37. The lowest BCUT2D eigenvalue weighted by Gasteiger charge is -2.39. The van der Waals surface area contributed by atoms with Crippen molar-refractivity contribution in [3.63, 3.8) is 0 Å². The van der Waals surface area contributed by atoms with E-state index in [2.05, 4.69) is 9.97 Å². The fourth-order valence-electron chi connectivity index (χ4n) is 5.05. The second-order valence-corrected chi connectivity index (χ2v) is 13.3. The first-order chi connectivity index (χ1) is 17.4. The predicted octanol–water partition coefficient (Wildman–Crippen LogP) is 4.96. The number of sulfone groups is 1. The van der Waals surface area contributed by atoms with Gasteiger partial charge >= 0.3 is 6.09 Å². The summed E-state index contributed by atoms with van der Waals surface area (Å²) < 4.78 is 57.1. The highest BCUT2D eigenvalue weighted by Crippen LogP contribution is 2.39. The van der Waals surface area contributed by atoms with Gasteiger partial charge in [-0.25, -0.2) is 27.6 Å². The number of amides is 1. The summed E-state index contributed by atoms with van der Waals surface area (Å²) in [4.78, 5) is 22.9. The molecule has 1 unspecified atom stereocenters. The first-order valence-electron chi connectivity index (χ1n) is 12.6. The number of hydrogen-bond donors (Lipinski definition) is 0. The first kappa shape index (κ1) is 25.7. The van der Waals surface area contributed by atoms with Crippen LogP contribution in [0.1, 0.15) is 64.9 Å². The van der Waals surface area contributed by atoms with E-state index in [0.717, 1.165) is 18.9 Å². The summed E-state index contributed by atoms with van der Waals surface area (Å²) in [6.45, 7) is 7.29. The molecule has 1 saturated carbocycles. The molecule has 1 aromatic carbocycles. The van der Waals surface area contributed by atoms with Crippen molar-refractivity contribution in [3.05, 3.63) is 35.9 Å². The van der Waals surface area contributed by atoms with Gasteiger partial charge in [0.25, 0.3) is 0 Å². The van der Waals surface area contributed by atoms with Gasteiger partial charge in [-0.2, -0.15) is 0 Å². The number of benzene rings is 1. The van der Waals surface area contributed by atoms with Crippen LogP contribution in [-0.4, -0.2) is 58.4 Å². The number of fused-ring (bicyclic) bond motifs is 2. The second kappa shape index (κ2) is 9.41. The number of hydrogen-bond acceptors (Lipinski definition) is 8. The topological polar surface area (TPSA) is 108 Å². The summed E-state index contributed by atoms with van der Waals surface area (Å²) in [6.07, 6.45) is 5.15. The molecule has 2 aliphatic heterocycles. The van der Waals surface area contributed by atoms with Crippen LogP contribution in [-0.2, 0) is 14.6 Å². The molecule has 11 heteroatoms. The molecule has 2 saturated heterocycles. The maximum atomic E-state index is 14.7. The Morgan fingerprint density at radius 3 is 2.30 bits per heavy atom. The number of halogens is 1. The Balaban J connectivity index is 1.27. The molecule has 5 rings (SSSR count). The maximum Gasteiger partial charge on any atom is 0.410 e. The lowest BCUT2D eigenvalue weighted by Crippen LogP contribution is -2.50. The summed E-state index contributed by atoms with van der Waals surface area (Å²) in [5, 5.41) is -0.422. The first-order valence-corrected chi connectivity index (χ1v) is 14.2. The van der Waals surface area contributed by atoms with Crippen LogP contribution in [0.4, 0.5) is 9.18 Å². The Hall–Kier alpha value is -2.95. The van der Waals surface area contributed by atoms with E-state index >= 15 is 0 Å². The SMILES string of the molecule is Cc1c(Oc2ccc(S(=O)(=O)C3CC3)cc2F)ncnc1O[C@H]1CC2CC[C@@H](C1)N2C(=O)OC(C)(C)C. The highest BCUT2D eigenvalue weighted by atomic mass is 32.2. The minimum Gasteiger partial charge on any atom is -0.474 e. The maximum absolute atomic E-state index is 14.7. The van der Waals surface area contributed by atoms with Crippen LogP contribution in [0.25, 0.3) is 0 Å². The van der Waals surface area contributed by atoms with Gasteiger partial charge in [0.2, 0.25) is 11.8 Å². The highest BCUT2D eigenvalue weighted by molar-refractivity contribution is 7.92. The zero-order valence-corrected chi connectivity index (χ0v) is 22.3. The molecule has 2 bridgehead atoms. The Kier molecular flexibility index (Phi) is 6.54. The van der Waals surface area contributed by atoms with E-state index in [0.29, 0.717) is 37.1 Å². The van der Waals surface area contributed by atoms with Crippen molar-refractivity contribution in [1.29, 1.82) is 0 Å². The van der Waals surface area contributed by atoms with Gasteiger partial charge in [-0.15, -0.1) is 0 Å². The molecule has 3 fully saturated rings. The van der Waals surface area contributed by atoms with Gasteiger partial charge in [-0.1, -0.05) is 0 Å². The molecule has 200 valence electrons. The molecule has 9 nitrogen and oxygen atoms in total.